The largest absolute Gasteiger partial charge is 0.497 e. The van der Waals surface area contributed by atoms with Gasteiger partial charge in [0.15, 0.2) is 0 Å². The lowest BCUT2D eigenvalue weighted by molar-refractivity contribution is -0.144. The Morgan fingerprint density at radius 1 is 1.29 bits per heavy atom. The van der Waals surface area contributed by atoms with Gasteiger partial charge in [-0.05, 0) is 30.5 Å². The lowest BCUT2D eigenvalue weighted by Gasteiger charge is -2.24. The summed E-state index contributed by atoms with van der Waals surface area (Å²) in [5.41, 5.74) is 0.898. The molecular formula is C19H25NO4. The summed E-state index contributed by atoms with van der Waals surface area (Å²) in [5.74, 6) is -0.0612. The van der Waals surface area contributed by atoms with Gasteiger partial charge in [0.05, 0.1) is 20.3 Å². The van der Waals surface area contributed by atoms with Gasteiger partial charge in [0.25, 0.3) is 0 Å². The Kier molecular flexibility index (Phi) is 7.75. The molecule has 0 saturated heterocycles. The first-order chi connectivity index (χ1) is 11.4. The molecule has 1 aromatic rings. The number of nitrogens with zero attached hydrogens (tertiary/aromatic N) is 1. The van der Waals surface area contributed by atoms with Crippen molar-refractivity contribution in [2.45, 2.75) is 26.8 Å². The van der Waals surface area contributed by atoms with Crippen LogP contribution in [0.2, 0.25) is 0 Å². The van der Waals surface area contributed by atoms with E-state index in [9.17, 15) is 9.59 Å². The molecule has 1 unspecified atom stereocenters. The van der Waals surface area contributed by atoms with E-state index in [1.165, 1.54) is 4.90 Å². The van der Waals surface area contributed by atoms with Crippen LogP contribution in [0.3, 0.4) is 0 Å². The number of carbonyl (C=O) groups is 2. The van der Waals surface area contributed by atoms with E-state index in [0.29, 0.717) is 0 Å². The van der Waals surface area contributed by atoms with Gasteiger partial charge in [-0.1, -0.05) is 31.7 Å². The zero-order chi connectivity index (χ0) is 18.1. The molecule has 5 nitrogen and oxygen atoms in total. The summed E-state index contributed by atoms with van der Waals surface area (Å²) < 4.78 is 10.1. The lowest BCUT2D eigenvalue weighted by atomic mass is 10.1. The number of rotatable bonds is 9. The normalized spacial score (nSPS) is 11.3. The SMILES string of the molecule is C=CC(C)CC(=O)N(Cc1ccc(OC)cc1)C(=C)C(=O)OCC. The minimum Gasteiger partial charge on any atom is -0.497 e. The summed E-state index contributed by atoms with van der Waals surface area (Å²) in [4.78, 5) is 25.9. The molecule has 0 spiro atoms. The number of carbonyl (C=O) groups excluding carboxylic acids is 2. The van der Waals surface area contributed by atoms with E-state index in [2.05, 4.69) is 13.2 Å². The number of ether oxygens (including phenoxy) is 2. The lowest BCUT2D eigenvalue weighted by Crippen LogP contribution is -2.34. The Morgan fingerprint density at radius 2 is 1.92 bits per heavy atom. The standard InChI is InChI=1S/C19H25NO4/c1-6-14(3)12-18(21)20(15(4)19(22)24-7-2)13-16-8-10-17(23-5)11-9-16/h6,8-11,14H,1,4,7,12-13H2,2-3,5H3. The molecule has 0 aliphatic rings. The number of hydrogen-bond donors (Lipinski definition) is 0. The van der Waals surface area contributed by atoms with Crippen LogP contribution in [0.4, 0.5) is 0 Å². The van der Waals surface area contributed by atoms with Crippen molar-refractivity contribution in [2.24, 2.45) is 5.92 Å². The first kappa shape index (κ1) is 19.5. The second-order valence-corrected chi connectivity index (χ2v) is 5.41. The van der Waals surface area contributed by atoms with Crippen LogP contribution in [0, 0.1) is 5.92 Å². The van der Waals surface area contributed by atoms with Crippen LogP contribution in [-0.2, 0) is 20.9 Å². The third-order valence-corrected chi connectivity index (χ3v) is 3.54. The summed E-state index contributed by atoms with van der Waals surface area (Å²) in [6.07, 6.45) is 1.95. The van der Waals surface area contributed by atoms with E-state index >= 15 is 0 Å². The third-order valence-electron chi connectivity index (χ3n) is 3.54. The molecule has 1 aromatic carbocycles. The van der Waals surface area contributed by atoms with Crippen LogP contribution in [0.15, 0.2) is 49.2 Å². The predicted molar refractivity (Wildman–Crippen MR) is 93.3 cm³/mol. The third kappa shape index (κ3) is 5.57. The van der Waals surface area contributed by atoms with Crippen LogP contribution in [0.25, 0.3) is 0 Å². The van der Waals surface area contributed by atoms with E-state index in [1.807, 2.05) is 19.1 Å². The summed E-state index contributed by atoms with van der Waals surface area (Å²) in [6, 6.07) is 7.29. The number of amides is 1. The molecule has 0 N–H and O–H groups in total. The Hall–Kier alpha value is -2.56. The molecule has 0 radical (unpaired) electrons. The molecular weight excluding hydrogens is 306 g/mol. The van der Waals surface area contributed by atoms with Crippen molar-refractivity contribution in [2.75, 3.05) is 13.7 Å². The van der Waals surface area contributed by atoms with Crippen LogP contribution in [-0.4, -0.2) is 30.5 Å². The van der Waals surface area contributed by atoms with Gasteiger partial charge in [0.2, 0.25) is 5.91 Å². The molecule has 5 heteroatoms. The van der Waals surface area contributed by atoms with Gasteiger partial charge in [-0.3, -0.25) is 4.79 Å². The maximum Gasteiger partial charge on any atom is 0.354 e. The second-order valence-electron chi connectivity index (χ2n) is 5.41. The Labute approximate surface area is 143 Å². The summed E-state index contributed by atoms with van der Waals surface area (Å²) in [6.45, 7) is 11.5. The first-order valence-corrected chi connectivity index (χ1v) is 7.84. The highest BCUT2D eigenvalue weighted by Crippen LogP contribution is 2.18. The number of methoxy groups -OCH3 is 1. The molecule has 24 heavy (non-hydrogen) atoms. The molecule has 1 rings (SSSR count). The smallest absolute Gasteiger partial charge is 0.354 e. The maximum absolute atomic E-state index is 12.6. The fourth-order valence-electron chi connectivity index (χ4n) is 2.04. The van der Waals surface area contributed by atoms with Gasteiger partial charge in [-0.2, -0.15) is 0 Å². The summed E-state index contributed by atoms with van der Waals surface area (Å²) >= 11 is 0. The topological polar surface area (TPSA) is 55.8 Å². The highest BCUT2D eigenvalue weighted by molar-refractivity contribution is 5.93. The quantitative estimate of drug-likeness (QED) is 0.396. The average molecular weight is 331 g/mol. The Bertz CT molecular complexity index is 592. The monoisotopic (exact) mass is 331 g/mol. The van der Waals surface area contributed by atoms with Crippen LogP contribution in [0.1, 0.15) is 25.8 Å². The molecule has 130 valence electrons. The van der Waals surface area contributed by atoms with Crippen molar-refractivity contribution in [1.82, 2.24) is 4.90 Å². The van der Waals surface area contributed by atoms with E-state index < -0.39 is 5.97 Å². The van der Waals surface area contributed by atoms with E-state index in [1.54, 1.807) is 32.2 Å². The summed E-state index contributed by atoms with van der Waals surface area (Å²) in [5, 5.41) is 0. The molecule has 0 fully saturated rings. The average Bonchev–Trinajstić information content (AvgIpc) is 2.59. The summed E-state index contributed by atoms with van der Waals surface area (Å²) in [7, 11) is 1.59. The van der Waals surface area contributed by atoms with Crippen molar-refractivity contribution < 1.29 is 19.1 Å². The highest BCUT2D eigenvalue weighted by Gasteiger charge is 2.24. The first-order valence-electron chi connectivity index (χ1n) is 7.84. The Balaban J connectivity index is 2.98. The maximum atomic E-state index is 12.6. The van der Waals surface area contributed by atoms with Gasteiger partial charge >= 0.3 is 5.97 Å². The van der Waals surface area contributed by atoms with Crippen LogP contribution < -0.4 is 4.74 Å². The van der Waals surface area contributed by atoms with Gasteiger partial charge in [-0.15, -0.1) is 6.58 Å². The second kappa shape index (κ2) is 9.55. The van der Waals surface area contributed by atoms with E-state index in [4.69, 9.17) is 9.47 Å². The van der Waals surface area contributed by atoms with Gasteiger partial charge in [0.1, 0.15) is 11.4 Å². The van der Waals surface area contributed by atoms with Crippen molar-refractivity contribution in [3.05, 3.63) is 54.8 Å². The predicted octanol–water partition coefficient (Wildman–Crippen LogP) is 3.31. The molecule has 0 aromatic heterocycles. The molecule has 0 bridgehead atoms. The fourth-order valence-corrected chi connectivity index (χ4v) is 2.04. The number of benzene rings is 1. The zero-order valence-corrected chi connectivity index (χ0v) is 14.6. The van der Waals surface area contributed by atoms with Crippen molar-refractivity contribution in [3.63, 3.8) is 0 Å². The molecule has 1 atom stereocenters. The number of hydrogen-bond acceptors (Lipinski definition) is 4. The highest BCUT2D eigenvalue weighted by atomic mass is 16.5. The molecule has 0 saturated carbocycles. The molecule has 0 aliphatic heterocycles. The zero-order valence-electron chi connectivity index (χ0n) is 14.6. The minimum absolute atomic E-state index is 0.00543. The van der Waals surface area contributed by atoms with E-state index in [-0.39, 0.29) is 37.1 Å². The number of allylic oxidation sites excluding steroid dienone is 1. The Morgan fingerprint density at radius 3 is 2.42 bits per heavy atom. The van der Waals surface area contributed by atoms with Crippen molar-refractivity contribution in [1.29, 1.82) is 0 Å². The van der Waals surface area contributed by atoms with Crippen molar-refractivity contribution in [3.8, 4) is 5.75 Å². The van der Waals surface area contributed by atoms with Crippen LogP contribution in [0.5, 0.6) is 5.75 Å². The van der Waals surface area contributed by atoms with Gasteiger partial charge in [0, 0.05) is 6.42 Å². The fraction of sp³-hybridized carbons (Fsp3) is 0.368. The molecule has 0 aliphatic carbocycles. The number of esters is 1. The van der Waals surface area contributed by atoms with Crippen molar-refractivity contribution >= 4 is 11.9 Å². The molecule has 0 heterocycles. The van der Waals surface area contributed by atoms with Crippen LogP contribution >= 0.6 is 0 Å². The van der Waals surface area contributed by atoms with Gasteiger partial charge < -0.3 is 14.4 Å². The molecule has 1 amide bonds. The minimum atomic E-state index is -0.592. The van der Waals surface area contributed by atoms with Gasteiger partial charge in [-0.25, -0.2) is 4.79 Å². The van der Waals surface area contributed by atoms with E-state index in [0.717, 1.165) is 11.3 Å².